The highest BCUT2D eigenvalue weighted by molar-refractivity contribution is 5.31. The third-order valence-corrected chi connectivity index (χ3v) is 4.95. The van der Waals surface area contributed by atoms with Gasteiger partial charge < -0.3 is 10.1 Å². The summed E-state index contributed by atoms with van der Waals surface area (Å²) < 4.78 is 5.38. The molecule has 1 saturated heterocycles. The van der Waals surface area contributed by atoms with E-state index in [9.17, 15) is 0 Å². The molecule has 0 radical (unpaired) electrons. The molecule has 2 fully saturated rings. The van der Waals surface area contributed by atoms with Gasteiger partial charge in [0.15, 0.2) is 0 Å². The van der Waals surface area contributed by atoms with Crippen LogP contribution in [0.3, 0.4) is 0 Å². The minimum Gasteiger partial charge on any atom is -0.379 e. The molecule has 2 aliphatic rings. The lowest BCUT2D eigenvalue weighted by Crippen LogP contribution is -2.42. The molecule has 3 rings (SSSR count). The van der Waals surface area contributed by atoms with E-state index in [0.29, 0.717) is 0 Å². The molecular formula is C18H28N2O. The maximum atomic E-state index is 5.38. The Morgan fingerprint density at radius 2 is 1.95 bits per heavy atom. The molecule has 116 valence electrons. The fourth-order valence-electron chi connectivity index (χ4n) is 3.52. The standard InChI is InChI=1S/C18H28N2O/c1-15-5-2-3-6-18(15)16-13-17(14-16)19-7-4-8-20-9-11-21-12-10-20/h2-3,5-6,16-17,19H,4,7-14H2,1H3. The monoisotopic (exact) mass is 288 g/mol. The predicted octanol–water partition coefficient (Wildman–Crippen LogP) is 2.55. The van der Waals surface area contributed by atoms with Gasteiger partial charge in [0.05, 0.1) is 13.2 Å². The highest BCUT2D eigenvalue weighted by Crippen LogP contribution is 2.38. The first-order valence-corrected chi connectivity index (χ1v) is 8.42. The SMILES string of the molecule is Cc1ccccc1C1CC(NCCCN2CCOCC2)C1. The van der Waals surface area contributed by atoms with E-state index in [4.69, 9.17) is 4.74 Å². The molecule has 1 saturated carbocycles. The number of benzene rings is 1. The van der Waals surface area contributed by atoms with E-state index < -0.39 is 0 Å². The lowest BCUT2D eigenvalue weighted by molar-refractivity contribution is 0.0372. The molecule has 21 heavy (non-hydrogen) atoms. The second-order valence-corrected chi connectivity index (χ2v) is 6.48. The summed E-state index contributed by atoms with van der Waals surface area (Å²) in [5.41, 5.74) is 3.01. The second-order valence-electron chi connectivity index (χ2n) is 6.48. The minimum absolute atomic E-state index is 0.735. The van der Waals surface area contributed by atoms with Crippen LogP contribution in [0.4, 0.5) is 0 Å². The van der Waals surface area contributed by atoms with Gasteiger partial charge in [-0.3, -0.25) is 4.90 Å². The summed E-state index contributed by atoms with van der Waals surface area (Å²) >= 11 is 0. The average Bonchev–Trinajstić information content (AvgIpc) is 2.47. The van der Waals surface area contributed by atoms with Gasteiger partial charge in [0.25, 0.3) is 0 Å². The van der Waals surface area contributed by atoms with Crippen LogP contribution in [-0.2, 0) is 4.74 Å². The van der Waals surface area contributed by atoms with Gasteiger partial charge in [-0.2, -0.15) is 0 Å². The number of rotatable bonds is 6. The Balaban J connectivity index is 1.30. The van der Waals surface area contributed by atoms with Crippen molar-refractivity contribution < 1.29 is 4.74 Å². The summed E-state index contributed by atoms with van der Waals surface area (Å²) in [5, 5.41) is 3.72. The average molecular weight is 288 g/mol. The quantitative estimate of drug-likeness (QED) is 0.814. The van der Waals surface area contributed by atoms with Gasteiger partial charge >= 0.3 is 0 Å². The van der Waals surface area contributed by atoms with Crippen LogP contribution < -0.4 is 5.32 Å². The van der Waals surface area contributed by atoms with Crippen LogP contribution in [0.15, 0.2) is 24.3 Å². The fraction of sp³-hybridized carbons (Fsp3) is 0.667. The number of nitrogens with one attached hydrogen (secondary N) is 1. The Bertz CT molecular complexity index is 437. The Morgan fingerprint density at radius 3 is 2.71 bits per heavy atom. The van der Waals surface area contributed by atoms with Crippen molar-refractivity contribution in [2.45, 2.75) is 38.1 Å². The van der Waals surface area contributed by atoms with Gasteiger partial charge in [-0.05, 0) is 56.3 Å². The Labute approximate surface area is 128 Å². The maximum Gasteiger partial charge on any atom is 0.0594 e. The lowest BCUT2D eigenvalue weighted by Gasteiger charge is -2.37. The molecule has 1 N–H and O–H groups in total. The number of ether oxygens (including phenoxy) is 1. The Morgan fingerprint density at radius 1 is 1.19 bits per heavy atom. The summed E-state index contributed by atoms with van der Waals surface area (Å²) in [6.07, 6.45) is 3.87. The molecule has 0 bridgehead atoms. The summed E-state index contributed by atoms with van der Waals surface area (Å²) in [4.78, 5) is 2.52. The molecule has 0 aromatic heterocycles. The molecule has 1 heterocycles. The van der Waals surface area contributed by atoms with E-state index in [2.05, 4.69) is 41.4 Å². The minimum atomic E-state index is 0.735. The zero-order chi connectivity index (χ0) is 14.5. The van der Waals surface area contributed by atoms with Gasteiger partial charge in [-0.15, -0.1) is 0 Å². The van der Waals surface area contributed by atoms with Gasteiger partial charge in [-0.25, -0.2) is 0 Å². The maximum absolute atomic E-state index is 5.38. The van der Waals surface area contributed by atoms with Crippen LogP contribution in [0.25, 0.3) is 0 Å². The van der Waals surface area contributed by atoms with Gasteiger partial charge in [-0.1, -0.05) is 24.3 Å². The molecule has 1 aliphatic heterocycles. The van der Waals surface area contributed by atoms with Crippen molar-refractivity contribution in [2.75, 3.05) is 39.4 Å². The molecule has 1 aromatic rings. The van der Waals surface area contributed by atoms with Crippen LogP contribution in [-0.4, -0.2) is 50.3 Å². The smallest absolute Gasteiger partial charge is 0.0594 e. The van der Waals surface area contributed by atoms with Crippen molar-refractivity contribution in [3.8, 4) is 0 Å². The van der Waals surface area contributed by atoms with Gasteiger partial charge in [0.1, 0.15) is 0 Å². The number of morpholine rings is 1. The largest absolute Gasteiger partial charge is 0.379 e. The number of hydrogen-bond acceptors (Lipinski definition) is 3. The van der Waals surface area contributed by atoms with Crippen LogP contribution in [0.2, 0.25) is 0 Å². The van der Waals surface area contributed by atoms with Crippen molar-refractivity contribution in [3.05, 3.63) is 35.4 Å². The first-order chi connectivity index (χ1) is 10.3. The van der Waals surface area contributed by atoms with Crippen molar-refractivity contribution in [1.82, 2.24) is 10.2 Å². The summed E-state index contributed by atoms with van der Waals surface area (Å²) in [6, 6.07) is 9.58. The third-order valence-electron chi connectivity index (χ3n) is 4.95. The van der Waals surface area contributed by atoms with Gasteiger partial charge in [0.2, 0.25) is 0 Å². The topological polar surface area (TPSA) is 24.5 Å². The van der Waals surface area contributed by atoms with E-state index in [1.807, 2.05) is 0 Å². The molecule has 0 spiro atoms. The van der Waals surface area contributed by atoms with Crippen molar-refractivity contribution in [3.63, 3.8) is 0 Å². The zero-order valence-electron chi connectivity index (χ0n) is 13.2. The van der Waals surface area contributed by atoms with Gasteiger partial charge in [0, 0.05) is 19.1 Å². The molecule has 3 nitrogen and oxygen atoms in total. The van der Waals surface area contributed by atoms with Crippen LogP contribution >= 0.6 is 0 Å². The molecule has 3 heteroatoms. The molecule has 1 aliphatic carbocycles. The Hall–Kier alpha value is -0.900. The summed E-state index contributed by atoms with van der Waals surface area (Å²) in [5.74, 6) is 0.781. The lowest BCUT2D eigenvalue weighted by atomic mass is 9.74. The van der Waals surface area contributed by atoms with Crippen LogP contribution in [0.1, 0.15) is 36.3 Å². The number of nitrogens with zero attached hydrogens (tertiary/aromatic N) is 1. The molecule has 1 aromatic carbocycles. The third kappa shape index (κ3) is 4.06. The highest BCUT2D eigenvalue weighted by atomic mass is 16.5. The molecule has 0 amide bonds. The summed E-state index contributed by atoms with van der Waals surface area (Å²) in [6.45, 7) is 8.64. The molecule has 0 unspecified atom stereocenters. The van der Waals surface area contributed by atoms with E-state index in [-0.39, 0.29) is 0 Å². The normalized spacial score (nSPS) is 26.5. The zero-order valence-corrected chi connectivity index (χ0v) is 13.2. The first kappa shape index (κ1) is 15.0. The molecule has 0 atom stereocenters. The van der Waals surface area contributed by atoms with Crippen LogP contribution in [0.5, 0.6) is 0 Å². The van der Waals surface area contributed by atoms with Crippen molar-refractivity contribution in [1.29, 1.82) is 0 Å². The van der Waals surface area contributed by atoms with E-state index in [1.54, 1.807) is 5.56 Å². The predicted molar refractivity (Wildman–Crippen MR) is 86.8 cm³/mol. The van der Waals surface area contributed by atoms with Crippen molar-refractivity contribution >= 4 is 0 Å². The second kappa shape index (κ2) is 7.39. The highest BCUT2D eigenvalue weighted by Gasteiger charge is 2.30. The number of hydrogen-bond donors (Lipinski definition) is 1. The van der Waals surface area contributed by atoms with E-state index in [0.717, 1.165) is 44.8 Å². The first-order valence-electron chi connectivity index (χ1n) is 8.42. The molecular weight excluding hydrogens is 260 g/mol. The number of aryl methyl sites for hydroxylation is 1. The van der Waals surface area contributed by atoms with Crippen molar-refractivity contribution in [2.24, 2.45) is 0 Å². The summed E-state index contributed by atoms with van der Waals surface area (Å²) in [7, 11) is 0. The fourth-order valence-corrected chi connectivity index (χ4v) is 3.52. The van der Waals surface area contributed by atoms with E-state index in [1.165, 1.54) is 31.4 Å². The van der Waals surface area contributed by atoms with E-state index >= 15 is 0 Å². The Kier molecular flexibility index (Phi) is 5.28. The van der Waals surface area contributed by atoms with Crippen LogP contribution in [0, 0.1) is 6.92 Å².